The zero-order valence-corrected chi connectivity index (χ0v) is 13.6. The third-order valence-electron chi connectivity index (χ3n) is 3.06. The molecule has 0 bridgehead atoms. The molecule has 5 heteroatoms. The molecule has 0 aromatic carbocycles. The first-order valence-electron chi connectivity index (χ1n) is 7.19. The molecule has 116 valence electrons. The largest absolute Gasteiger partial charge is 0.385 e. The molecule has 0 amide bonds. The zero-order valence-electron chi connectivity index (χ0n) is 12.8. The minimum absolute atomic E-state index is 0.0266. The second kappa shape index (κ2) is 10.3. The predicted molar refractivity (Wildman–Crippen MR) is 83.3 cm³/mol. The molecule has 0 saturated heterocycles. The van der Waals surface area contributed by atoms with Gasteiger partial charge in [-0.15, -0.1) is 11.3 Å². The summed E-state index contributed by atoms with van der Waals surface area (Å²) in [5.74, 6) is 0. The fourth-order valence-electron chi connectivity index (χ4n) is 1.88. The van der Waals surface area contributed by atoms with Crippen LogP contribution >= 0.6 is 11.3 Å². The van der Waals surface area contributed by atoms with Gasteiger partial charge in [-0.05, 0) is 31.9 Å². The van der Waals surface area contributed by atoms with Crippen LogP contribution in [0.15, 0.2) is 12.1 Å². The van der Waals surface area contributed by atoms with E-state index in [1.54, 1.807) is 18.4 Å². The summed E-state index contributed by atoms with van der Waals surface area (Å²) in [5, 5.41) is 0. The second-order valence-corrected chi connectivity index (χ2v) is 6.09. The van der Waals surface area contributed by atoms with Crippen molar-refractivity contribution in [2.75, 3.05) is 33.5 Å². The molecule has 2 unspecified atom stereocenters. The van der Waals surface area contributed by atoms with E-state index >= 15 is 0 Å². The molecule has 2 N–H and O–H groups in total. The maximum atomic E-state index is 6.16. The number of nitrogens with two attached hydrogens (primary N) is 1. The highest BCUT2D eigenvalue weighted by Gasteiger charge is 2.20. The Morgan fingerprint density at radius 3 is 2.60 bits per heavy atom. The maximum Gasteiger partial charge on any atom is 0.107 e. The lowest BCUT2D eigenvalue weighted by Gasteiger charge is -2.22. The molecule has 0 saturated carbocycles. The molecule has 2 atom stereocenters. The van der Waals surface area contributed by atoms with E-state index in [-0.39, 0.29) is 12.1 Å². The lowest BCUT2D eigenvalue weighted by atomic mass is 10.1. The molecule has 0 fully saturated rings. The van der Waals surface area contributed by atoms with Crippen molar-refractivity contribution in [3.05, 3.63) is 21.9 Å². The standard InChI is InChI=1S/C15H27NO3S/c1-4-13(16)15(14-7-6-12(2)20-14)19-11-10-18-9-5-8-17-3/h6-7,13,15H,4-5,8-11,16H2,1-3H3. The van der Waals surface area contributed by atoms with Crippen molar-refractivity contribution >= 4 is 11.3 Å². The lowest BCUT2D eigenvalue weighted by Crippen LogP contribution is -2.29. The van der Waals surface area contributed by atoms with E-state index < -0.39 is 0 Å². The van der Waals surface area contributed by atoms with Gasteiger partial charge in [-0.1, -0.05) is 6.92 Å². The first-order valence-corrected chi connectivity index (χ1v) is 8.00. The van der Waals surface area contributed by atoms with Crippen LogP contribution in [0.1, 0.15) is 35.6 Å². The van der Waals surface area contributed by atoms with E-state index in [1.165, 1.54) is 9.75 Å². The van der Waals surface area contributed by atoms with E-state index in [4.69, 9.17) is 19.9 Å². The third-order valence-corrected chi connectivity index (χ3v) is 4.13. The summed E-state index contributed by atoms with van der Waals surface area (Å²) in [6.45, 7) is 6.80. The van der Waals surface area contributed by atoms with Crippen LogP contribution < -0.4 is 5.73 Å². The second-order valence-electron chi connectivity index (χ2n) is 4.77. The van der Waals surface area contributed by atoms with Crippen molar-refractivity contribution in [3.8, 4) is 0 Å². The normalized spacial score (nSPS) is 14.4. The Balaban J connectivity index is 2.31. The van der Waals surface area contributed by atoms with E-state index in [2.05, 4.69) is 26.0 Å². The molecule has 4 nitrogen and oxygen atoms in total. The summed E-state index contributed by atoms with van der Waals surface area (Å²) >= 11 is 1.75. The zero-order chi connectivity index (χ0) is 14.8. The van der Waals surface area contributed by atoms with Crippen LogP contribution in [0.5, 0.6) is 0 Å². The highest BCUT2D eigenvalue weighted by molar-refractivity contribution is 7.12. The minimum atomic E-state index is -0.0266. The van der Waals surface area contributed by atoms with Gasteiger partial charge in [-0.3, -0.25) is 0 Å². The molecule has 1 aromatic rings. The number of hydrogen-bond acceptors (Lipinski definition) is 5. The average Bonchev–Trinajstić information content (AvgIpc) is 2.87. The number of thiophene rings is 1. The Hall–Kier alpha value is -0.460. The Labute approximate surface area is 126 Å². The highest BCUT2D eigenvalue weighted by Crippen LogP contribution is 2.28. The number of rotatable bonds is 11. The van der Waals surface area contributed by atoms with E-state index in [0.717, 1.165) is 19.4 Å². The van der Waals surface area contributed by atoms with Gasteiger partial charge >= 0.3 is 0 Å². The van der Waals surface area contributed by atoms with Gasteiger partial charge in [0.15, 0.2) is 0 Å². The van der Waals surface area contributed by atoms with Gasteiger partial charge in [0.25, 0.3) is 0 Å². The molecule has 0 aliphatic rings. The van der Waals surface area contributed by atoms with Gasteiger partial charge in [0.2, 0.25) is 0 Å². The molecular formula is C15H27NO3S. The molecular weight excluding hydrogens is 274 g/mol. The molecule has 0 aliphatic heterocycles. The van der Waals surface area contributed by atoms with Crippen molar-refractivity contribution in [1.82, 2.24) is 0 Å². The fraction of sp³-hybridized carbons (Fsp3) is 0.733. The third kappa shape index (κ3) is 6.33. The van der Waals surface area contributed by atoms with Crippen LogP contribution in [0.3, 0.4) is 0 Å². The minimum Gasteiger partial charge on any atom is -0.385 e. The monoisotopic (exact) mass is 301 g/mol. The molecule has 0 radical (unpaired) electrons. The number of methoxy groups -OCH3 is 1. The van der Waals surface area contributed by atoms with Gasteiger partial charge in [0, 0.05) is 36.1 Å². The van der Waals surface area contributed by atoms with Gasteiger partial charge < -0.3 is 19.9 Å². The van der Waals surface area contributed by atoms with Crippen molar-refractivity contribution < 1.29 is 14.2 Å². The summed E-state index contributed by atoms with van der Waals surface area (Å²) in [6, 6.07) is 4.25. The molecule has 1 rings (SSSR count). The maximum absolute atomic E-state index is 6.16. The van der Waals surface area contributed by atoms with Crippen molar-refractivity contribution in [3.63, 3.8) is 0 Å². The SMILES string of the molecule is CCC(N)C(OCCOCCCOC)c1ccc(C)s1. The molecule has 0 aliphatic carbocycles. The van der Waals surface area contributed by atoms with Gasteiger partial charge in [0.1, 0.15) is 6.10 Å². The molecule has 1 heterocycles. The smallest absolute Gasteiger partial charge is 0.107 e. The fourth-order valence-corrected chi connectivity index (χ4v) is 2.88. The van der Waals surface area contributed by atoms with E-state index in [1.807, 2.05) is 0 Å². The number of hydrogen-bond donors (Lipinski definition) is 1. The topological polar surface area (TPSA) is 53.7 Å². The Kier molecular flexibility index (Phi) is 9.05. The summed E-state index contributed by atoms with van der Waals surface area (Å²) in [5.41, 5.74) is 6.16. The van der Waals surface area contributed by atoms with Gasteiger partial charge in [-0.2, -0.15) is 0 Å². The van der Waals surface area contributed by atoms with Crippen molar-refractivity contribution in [1.29, 1.82) is 0 Å². The van der Waals surface area contributed by atoms with Gasteiger partial charge in [0.05, 0.1) is 13.2 Å². The van der Waals surface area contributed by atoms with Crippen molar-refractivity contribution in [2.45, 2.75) is 38.8 Å². The first kappa shape index (κ1) is 17.6. The first-order chi connectivity index (χ1) is 9.69. The summed E-state index contributed by atoms with van der Waals surface area (Å²) < 4.78 is 16.4. The lowest BCUT2D eigenvalue weighted by molar-refractivity contribution is -0.00892. The molecule has 0 spiro atoms. The van der Waals surface area contributed by atoms with Crippen LogP contribution in [-0.4, -0.2) is 39.6 Å². The summed E-state index contributed by atoms with van der Waals surface area (Å²) in [6.07, 6.45) is 1.79. The number of aryl methyl sites for hydroxylation is 1. The van der Waals surface area contributed by atoms with Crippen LogP contribution in [0, 0.1) is 6.92 Å². The quantitative estimate of drug-likeness (QED) is 0.639. The Bertz CT molecular complexity index is 357. The molecule has 20 heavy (non-hydrogen) atoms. The average molecular weight is 301 g/mol. The van der Waals surface area contributed by atoms with Crippen LogP contribution in [0.2, 0.25) is 0 Å². The number of ether oxygens (including phenoxy) is 3. The van der Waals surface area contributed by atoms with Crippen LogP contribution in [-0.2, 0) is 14.2 Å². The van der Waals surface area contributed by atoms with E-state index in [0.29, 0.717) is 19.8 Å². The molecule has 1 aromatic heterocycles. The Morgan fingerprint density at radius 1 is 1.20 bits per heavy atom. The van der Waals surface area contributed by atoms with E-state index in [9.17, 15) is 0 Å². The Morgan fingerprint density at radius 2 is 2.00 bits per heavy atom. The predicted octanol–water partition coefficient (Wildman–Crippen LogP) is 2.90. The summed E-state index contributed by atoms with van der Waals surface area (Å²) in [4.78, 5) is 2.49. The van der Waals surface area contributed by atoms with Crippen LogP contribution in [0.25, 0.3) is 0 Å². The van der Waals surface area contributed by atoms with Crippen LogP contribution in [0.4, 0.5) is 0 Å². The van der Waals surface area contributed by atoms with Crippen molar-refractivity contribution in [2.24, 2.45) is 5.73 Å². The summed E-state index contributed by atoms with van der Waals surface area (Å²) in [7, 11) is 1.70. The van der Waals surface area contributed by atoms with Gasteiger partial charge in [-0.25, -0.2) is 0 Å². The highest BCUT2D eigenvalue weighted by atomic mass is 32.1.